The number of rotatable bonds is 8. The minimum absolute atomic E-state index is 0.0272. The highest BCUT2D eigenvalue weighted by Gasteiger charge is 2.09. The molecule has 164 valence electrons. The normalized spacial score (nSPS) is 10.5. The van der Waals surface area contributed by atoms with Crippen LogP contribution in [-0.2, 0) is 11.3 Å². The zero-order valence-electron chi connectivity index (χ0n) is 18.2. The molecule has 3 amide bonds. The average Bonchev–Trinajstić information content (AvgIpc) is 2.78. The predicted octanol–water partition coefficient (Wildman–Crippen LogP) is 4.85. The molecule has 0 heterocycles. The quantitative estimate of drug-likeness (QED) is 0.478. The first-order valence-electron chi connectivity index (χ1n) is 10.5. The second-order valence-corrected chi connectivity index (χ2v) is 7.93. The Kier molecular flexibility index (Phi) is 7.75. The lowest BCUT2D eigenvalue weighted by molar-refractivity contribution is -0.116. The van der Waals surface area contributed by atoms with Gasteiger partial charge in [-0.1, -0.05) is 44.2 Å². The molecule has 0 radical (unpaired) electrons. The zero-order valence-corrected chi connectivity index (χ0v) is 18.2. The molecule has 0 saturated heterocycles. The Hall–Kier alpha value is -3.93. The van der Waals surface area contributed by atoms with E-state index in [1.165, 1.54) is 0 Å². The van der Waals surface area contributed by atoms with Crippen molar-refractivity contribution in [1.82, 2.24) is 5.32 Å². The molecule has 0 aromatic heterocycles. The highest BCUT2D eigenvalue weighted by atomic mass is 16.2. The molecule has 0 bridgehead atoms. The second-order valence-electron chi connectivity index (χ2n) is 7.93. The Morgan fingerprint density at radius 2 is 1.41 bits per heavy atom. The van der Waals surface area contributed by atoms with Crippen molar-refractivity contribution in [2.24, 2.45) is 5.92 Å². The van der Waals surface area contributed by atoms with Crippen molar-refractivity contribution in [3.05, 3.63) is 95.6 Å². The van der Waals surface area contributed by atoms with E-state index in [-0.39, 0.29) is 23.6 Å². The van der Waals surface area contributed by atoms with E-state index in [1.807, 2.05) is 44.2 Å². The highest BCUT2D eigenvalue weighted by molar-refractivity contribution is 6.04. The van der Waals surface area contributed by atoms with Gasteiger partial charge in [0.05, 0.1) is 0 Å². The Morgan fingerprint density at radius 3 is 2.09 bits per heavy atom. The van der Waals surface area contributed by atoms with Gasteiger partial charge in [0.15, 0.2) is 0 Å². The number of hydrogen-bond acceptors (Lipinski definition) is 3. The molecule has 3 N–H and O–H groups in total. The van der Waals surface area contributed by atoms with Crippen molar-refractivity contribution < 1.29 is 14.4 Å². The van der Waals surface area contributed by atoms with Gasteiger partial charge in [0.2, 0.25) is 5.91 Å². The summed E-state index contributed by atoms with van der Waals surface area (Å²) in [6.07, 6.45) is 0.461. The summed E-state index contributed by atoms with van der Waals surface area (Å²) in [6, 6.07) is 23.1. The Morgan fingerprint density at radius 1 is 0.719 bits per heavy atom. The summed E-state index contributed by atoms with van der Waals surface area (Å²) in [5, 5.41) is 8.57. The molecule has 0 aliphatic rings. The third-order valence-corrected chi connectivity index (χ3v) is 4.70. The summed E-state index contributed by atoms with van der Waals surface area (Å²) in [4.78, 5) is 36.7. The lowest BCUT2D eigenvalue weighted by Crippen LogP contribution is -2.23. The lowest BCUT2D eigenvalue weighted by Gasteiger charge is -2.10. The van der Waals surface area contributed by atoms with Crippen LogP contribution >= 0.6 is 0 Å². The van der Waals surface area contributed by atoms with Crippen molar-refractivity contribution in [1.29, 1.82) is 0 Å². The van der Waals surface area contributed by atoms with Crippen LogP contribution in [0.15, 0.2) is 78.9 Å². The van der Waals surface area contributed by atoms with E-state index >= 15 is 0 Å². The molecule has 0 atom stereocenters. The van der Waals surface area contributed by atoms with Crippen molar-refractivity contribution in [2.45, 2.75) is 26.8 Å². The number of nitrogens with one attached hydrogen (secondary N) is 3. The third kappa shape index (κ3) is 6.80. The van der Waals surface area contributed by atoms with Crippen LogP contribution in [0, 0.1) is 5.92 Å². The van der Waals surface area contributed by atoms with Crippen LogP contribution in [0.2, 0.25) is 0 Å². The Labute approximate surface area is 188 Å². The smallest absolute Gasteiger partial charge is 0.255 e. The van der Waals surface area contributed by atoms with Crippen LogP contribution in [0.4, 0.5) is 11.4 Å². The van der Waals surface area contributed by atoms with Gasteiger partial charge in [0, 0.05) is 35.5 Å². The summed E-state index contributed by atoms with van der Waals surface area (Å²) in [7, 11) is 0. The minimum atomic E-state index is -0.222. The largest absolute Gasteiger partial charge is 0.348 e. The first kappa shape index (κ1) is 22.7. The van der Waals surface area contributed by atoms with E-state index in [0.29, 0.717) is 35.5 Å². The molecule has 0 saturated carbocycles. The molecular weight excluding hydrogens is 402 g/mol. The van der Waals surface area contributed by atoms with Crippen LogP contribution in [0.25, 0.3) is 0 Å². The number of amides is 3. The van der Waals surface area contributed by atoms with Gasteiger partial charge in [-0.2, -0.15) is 0 Å². The average molecular weight is 430 g/mol. The molecule has 0 fully saturated rings. The lowest BCUT2D eigenvalue weighted by atomic mass is 10.1. The van der Waals surface area contributed by atoms with Crippen LogP contribution in [0.3, 0.4) is 0 Å². The maximum atomic E-state index is 12.5. The molecule has 3 aromatic rings. The van der Waals surface area contributed by atoms with Gasteiger partial charge < -0.3 is 16.0 Å². The molecular formula is C26H27N3O3. The number of hydrogen-bond donors (Lipinski definition) is 3. The van der Waals surface area contributed by atoms with Gasteiger partial charge in [-0.05, 0) is 60.0 Å². The first-order valence-corrected chi connectivity index (χ1v) is 10.5. The van der Waals surface area contributed by atoms with Crippen LogP contribution in [0.5, 0.6) is 0 Å². The fraction of sp³-hybridized carbons (Fsp3) is 0.192. The van der Waals surface area contributed by atoms with E-state index in [2.05, 4.69) is 16.0 Å². The first-order chi connectivity index (χ1) is 15.4. The van der Waals surface area contributed by atoms with Crippen LogP contribution < -0.4 is 16.0 Å². The second kappa shape index (κ2) is 10.9. The van der Waals surface area contributed by atoms with Crippen molar-refractivity contribution in [3.63, 3.8) is 0 Å². The summed E-state index contributed by atoms with van der Waals surface area (Å²) >= 11 is 0. The SMILES string of the molecule is CC(C)CC(=O)Nc1cccc(CNC(=O)c2ccc(NC(=O)c3ccccc3)cc2)c1. The summed E-state index contributed by atoms with van der Waals surface area (Å²) < 4.78 is 0. The van der Waals surface area contributed by atoms with Gasteiger partial charge in [-0.25, -0.2) is 0 Å². The molecule has 0 aliphatic heterocycles. The third-order valence-electron chi connectivity index (χ3n) is 4.70. The van der Waals surface area contributed by atoms with E-state index in [4.69, 9.17) is 0 Å². The topological polar surface area (TPSA) is 87.3 Å². The molecule has 0 spiro atoms. The Balaban J connectivity index is 1.53. The summed E-state index contributed by atoms with van der Waals surface area (Å²) in [5.41, 5.74) is 3.26. The van der Waals surface area contributed by atoms with Crippen molar-refractivity contribution in [2.75, 3.05) is 10.6 Å². The minimum Gasteiger partial charge on any atom is -0.348 e. The van der Waals surface area contributed by atoms with Crippen molar-refractivity contribution in [3.8, 4) is 0 Å². The summed E-state index contributed by atoms with van der Waals surface area (Å²) in [6.45, 7) is 4.32. The number of carbonyl (C=O) groups is 3. The molecule has 0 unspecified atom stereocenters. The highest BCUT2D eigenvalue weighted by Crippen LogP contribution is 2.14. The zero-order chi connectivity index (χ0) is 22.9. The number of benzene rings is 3. The van der Waals surface area contributed by atoms with Gasteiger partial charge in [-0.3, -0.25) is 14.4 Å². The van der Waals surface area contributed by atoms with Gasteiger partial charge in [-0.15, -0.1) is 0 Å². The molecule has 0 aliphatic carbocycles. The van der Waals surface area contributed by atoms with Crippen LogP contribution in [-0.4, -0.2) is 17.7 Å². The van der Waals surface area contributed by atoms with Gasteiger partial charge in [0.1, 0.15) is 0 Å². The molecule has 6 heteroatoms. The summed E-state index contributed by atoms with van der Waals surface area (Å²) in [5.74, 6) is -0.167. The fourth-order valence-electron chi connectivity index (χ4n) is 3.12. The molecule has 3 rings (SSSR count). The van der Waals surface area contributed by atoms with Gasteiger partial charge >= 0.3 is 0 Å². The van der Waals surface area contributed by atoms with E-state index in [1.54, 1.807) is 48.5 Å². The maximum absolute atomic E-state index is 12.5. The number of anilines is 2. The van der Waals surface area contributed by atoms with E-state index < -0.39 is 0 Å². The van der Waals surface area contributed by atoms with E-state index in [9.17, 15) is 14.4 Å². The molecule has 32 heavy (non-hydrogen) atoms. The van der Waals surface area contributed by atoms with E-state index in [0.717, 1.165) is 5.56 Å². The molecule has 6 nitrogen and oxygen atoms in total. The fourth-order valence-corrected chi connectivity index (χ4v) is 3.12. The number of carbonyl (C=O) groups excluding carboxylic acids is 3. The maximum Gasteiger partial charge on any atom is 0.255 e. The van der Waals surface area contributed by atoms with Crippen LogP contribution in [0.1, 0.15) is 46.5 Å². The standard InChI is InChI=1S/C26H27N3O3/c1-18(2)15-24(30)28-23-10-6-7-19(16-23)17-27-25(31)21-11-13-22(14-12-21)29-26(32)20-8-4-3-5-9-20/h3-14,16,18H,15,17H2,1-2H3,(H,27,31)(H,28,30)(H,29,32). The van der Waals surface area contributed by atoms with Gasteiger partial charge in [0.25, 0.3) is 11.8 Å². The monoisotopic (exact) mass is 429 g/mol. The predicted molar refractivity (Wildman–Crippen MR) is 127 cm³/mol. The Bertz CT molecular complexity index is 1080. The molecule has 3 aromatic carbocycles. The van der Waals surface area contributed by atoms with Crippen molar-refractivity contribution >= 4 is 29.1 Å².